The average Bonchev–Trinajstić information content (AvgIpc) is 3.07. The standard InChI is InChI=1S/C16H18N2O2/c1-5-8-10-14-15(19-12(7-3)18-14)9(4)13-16(10)20-11(6-2)17-13/h5H,1,6-8H2,2-4H3. The van der Waals surface area contributed by atoms with Gasteiger partial charge in [-0.1, -0.05) is 19.9 Å². The van der Waals surface area contributed by atoms with E-state index in [-0.39, 0.29) is 0 Å². The third-order valence-corrected chi connectivity index (χ3v) is 3.55. The van der Waals surface area contributed by atoms with E-state index in [2.05, 4.69) is 16.5 Å². The lowest BCUT2D eigenvalue weighted by Crippen LogP contribution is -1.89. The van der Waals surface area contributed by atoms with Gasteiger partial charge in [0, 0.05) is 24.0 Å². The molecule has 4 heteroatoms. The summed E-state index contributed by atoms with van der Waals surface area (Å²) in [5.74, 6) is 1.49. The average molecular weight is 270 g/mol. The fourth-order valence-electron chi connectivity index (χ4n) is 2.50. The van der Waals surface area contributed by atoms with E-state index in [1.807, 2.05) is 26.8 Å². The van der Waals surface area contributed by atoms with Crippen molar-refractivity contribution in [2.45, 2.75) is 40.0 Å². The highest BCUT2D eigenvalue weighted by Crippen LogP contribution is 2.33. The van der Waals surface area contributed by atoms with Crippen LogP contribution in [0.3, 0.4) is 0 Å². The van der Waals surface area contributed by atoms with Crippen molar-refractivity contribution in [1.29, 1.82) is 0 Å². The van der Waals surface area contributed by atoms with Gasteiger partial charge in [-0.15, -0.1) is 6.58 Å². The number of benzene rings is 1. The summed E-state index contributed by atoms with van der Waals surface area (Å²) in [5, 5.41) is 0. The summed E-state index contributed by atoms with van der Waals surface area (Å²) in [6.45, 7) is 9.90. The Morgan fingerprint density at radius 1 is 1.00 bits per heavy atom. The van der Waals surface area contributed by atoms with Gasteiger partial charge in [0.1, 0.15) is 11.0 Å². The molecule has 0 spiro atoms. The second kappa shape index (κ2) is 4.78. The highest BCUT2D eigenvalue weighted by molar-refractivity contribution is 5.97. The predicted octanol–water partition coefficient (Wildman–Crippen LogP) is 4.13. The maximum absolute atomic E-state index is 5.89. The molecule has 0 saturated heterocycles. The molecule has 20 heavy (non-hydrogen) atoms. The number of allylic oxidation sites excluding steroid dienone is 1. The van der Waals surface area contributed by atoms with Crippen molar-refractivity contribution in [2.24, 2.45) is 0 Å². The Morgan fingerprint density at radius 2 is 1.60 bits per heavy atom. The van der Waals surface area contributed by atoms with E-state index < -0.39 is 0 Å². The van der Waals surface area contributed by atoms with Crippen molar-refractivity contribution in [3.8, 4) is 0 Å². The van der Waals surface area contributed by atoms with E-state index in [1.54, 1.807) is 0 Å². The highest BCUT2D eigenvalue weighted by Gasteiger charge is 2.20. The first kappa shape index (κ1) is 12.9. The van der Waals surface area contributed by atoms with Gasteiger partial charge in [0.15, 0.2) is 22.9 Å². The summed E-state index contributed by atoms with van der Waals surface area (Å²) in [5.41, 5.74) is 5.42. The Balaban J connectivity index is 2.45. The Hall–Kier alpha value is -2.10. The highest BCUT2D eigenvalue weighted by atomic mass is 16.4. The molecule has 0 unspecified atom stereocenters. The number of aromatic nitrogens is 2. The minimum atomic E-state index is 0.696. The van der Waals surface area contributed by atoms with Crippen LogP contribution in [0.5, 0.6) is 0 Å². The minimum Gasteiger partial charge on any atom is -0.440 e. The summed E-state index contributed by atoms with van der Waals surface area (Å²) in [4.78, 5) is 9.16. The number of nitrogens with zero attached hydrogens (tertiary/aromatic N) is 2. The SMILES string of the molecule is C=CCc1c2nc(CC)oc2c(C)c2nc(CC)oc12. The van der Waals surface area contributed by atoms with E-state index in [0.717, 1.165) is 57.9 Å². The Labute approximate surface area is 117 Å². The fraction of sp³-hybridized carbons (Fsp3) is 0.375. The third-order valence-electron chi connectivity index (χ3n) is 3.55. The largest absolute Gasteiger partial charge is 0.440 e. The van der Waals surface area contributed by atoms with E-state index >= 15 is 0 Å². The Kier molecular flexibility index (Phi) is 3.08. The van der Waals surface area contributed by atoms with Crippen LogP contribution in [0.4, 0.5) is 0 Å². The molecule has 0 bridgehead atoms. The Bertz CT molecular complexity index is 736. The van der Waals surface area contributed by atoms with E-state index in [4.69, 9.17) is 8.83 Å². The van der Waals surface area contributed by atoms with Crippen LogP contribution in [0.2, 0.25) is 0 Å². The first-order valence-corrected chi connectivity index (χ1v) is 7.00. The zero-order chi connectivity index (χ0) is 14.3. The van der Waals surface area contributed by atoms with Crippen molar-refractivity contribution in [1.82, 2.24) is 9.97 Å². The first-order valence-electron chi connectivity index (χ1n) is 7.00. The van der Waals surface area contributed by atoms with Crippen LogP contribution >= 0.6 is 0 Å². The number of hydrogen-bond donors (Lipinski definition) is 0. The van der Waals surface area contributed by atoms with Crippen LogP contribution < -0.4 is 0 Å². The molecule has 0 aliphatic heterocycles. The zero-order valence-electron chi connectivity index (χ0n) is 12.1. The fourth-order valence-corrected chi connectivity index (χ4v) is 2.50. The molecule has 3 aromatic rings. The van der Waals surface area contributed by atoms with Crippen LogP contribution in [-0.2, 0) is 19.3 Å². The van der Waals surface area contributed by atoms with Crippen LogP contribution in [0, 0.1) is 6.92 Å². The van der Waals surface area contributed by atoms with Crippen molar-refractivity contribution in [3.63, 3.8) is 0 Å². The van der Waals surface area contributed by atoms with Gasteiger partial charge in [0.2, 0.25) is 0 Å². The lowest BCUT2D eigenvalue weighted by atomic mass is 10.1. The molecular formula is C16H18N2O2. The molecule has 2 heterocycles. The maximum Gasteiger partial charge on any atom is 0.195 e. The van der Waals surface area contributed by atoms with Gasteiger partial charge in [-0.05, 0) is 13.3 Å². The molecule has 0 amide bonds. The maximum atomic E-state index is 5.89. The van der Waals surface area contributed by atoms with Crippen molar-refractivity contribution >= 4 is 22.2 Å². The van der Waals surface area contributed by atoms with E-state index in [9.17, 15) is 0 Å². The second-order valence-electron chi connectivity index (χ2n) is 4.87. The quantitative estimate of drug-likeness (QED) is 0.669. The summed E-state index contributed by atoms with van der Waals surface area (Å²) in [6.07, 6.45) is 4.10. The topological polar surface area (TPSA) is 52.1 Å². The van der Waals surface area contributed by atoms with Gasteiger partial charge in [-0.25, -0.2) is 9.97 Å². The minimum absolute atomic E-state index is 0.696. The number of aryl methyl sites for hydroxylation is 3. The third kappa shape index (κ3) is 1.75. The molecule has 2 aromatic heterocycles. The summed E-state index contributed by atoms with van der Waals surface area (Å²) in [6, 6.07) is 0. The van der Waals surface area contributed by atoms with Crippen LogP contribution in [0.25, 0.3) is 22.2 Å². The number of rotatable bonds is 4. The molecule has 0 aliphatic rings. The molecule has 0 atom stereocenters. The van der Waals surface area contributed by atoms with Gasteiger partial charge >= 0.3 is 0 Å². The molecule has 0 fully saturated rings. The molecule has 104 valence electrons. The van der Waals surface area contributed by atoms with Crippen LogP contribution in [-0.4, -0.2) is 9.97 Å². The smallest absolute Gasteiger partial charge is 0.195 e. The van der Waals surface area contributed by atoms with E-state index in [0.29, 0.717) is 6.42 Å². The molecule has 0 N–H and O–H groups in total. The molecule has 0 radical (unpaired) electrons. The monoisotopic (exact) mass is 270 g/mol. The molecule has 4 nitrogen and oxygen atoms in total. The number of oxazole rings is 2. The van der Waals surface area contributed by atoms with Gasteiger partial charge in [-0.2, -0.15) is 0 Å². The first-order chi connectivity index (χ1) is 9.69. The van der Waals surface area contributed by atoms with E-state index in [1.165, 1.54) is 0 Å². The lowest BCUT2D eigenvalue weighted by Gasteiger charge is -2.01. The van der Waals surface area contributed by atoms with Crippen molar-refractivity contribution < 1.29 is 8.83 Å². The molecule has 0 aliphatic carbocycles. The van der Waals surface area contributed by atoms with Crippen molar-refractivity contribution in [2.75, 3.05) is 0 Å². The predicted molar refractivity (Wildman–Crippen MR) is 79.0 cm³/mol. The molecular weight excluding hydrogens is 252 g/mol. The van der Waals surface area contributed by atoms with Gasteiger partial charge in [0.25, 0.3) is 0 Å². The molecule has 1 aromatic carbocycles. The number of hydrogen-bond acceptors (Lipinski definition) is 4. The lowest BCUT2D eigenvalue weighted by molar-refractivity contribution is 0.535. The van der Waals surface area contributed by atoms with Gasteiger partial charge in [0.05, 0.1) is 0 Å². The summed E-state index contributed by atoms with van der Waals surface area (Å²) >= 11 is 0. The Morgan fingerprint density at radius 3 is 2.20 bits per heavy atom. The van der Waals surface area contributed by atoms with Gasteiger partial charge < -0.3 is 8.83 Å². The summed E-state index contributed by atoms with van der Waals surface area (Å²) in [7, 11) is 0. The van der Waals surface area contributed by atoms with Crippen LogP contribution in [0.15, 0.2) is 21.5 Å². The summed E-state index contributed by atoms with van der Waals surface area (Å²) < 4.78 is 11.8. The molecule has 0 saturated carbocycles. The normalized spacial score (nSPS) is 11.6. The zero-order valence-corrected chi connectivity index (χ0v) is 12.1. The van der Waals surface area contributed by atoms with Gasteiger partial charge in [-0.3, -0.25) is 0 Å². The second-order valence-corrected chi connectivity index (χ2v) is 4.87. The van der Waals surface area contributed by atoms with Crippen LogP contribution in [0.1, 0.15) is 36.8 Å². The number of fused-ring (bicyclic) bond motifs is 2. The molecule has 3 rings (SSSR count). The van der Waals surface area contributed by atoms with Crippen molar-refractivity contribution in [3.05, 3.63) is 35.6 Å².